The lowest BCUT2D eigenvalue weighted by Crippen LogP contribution is -2.14. The number of aryl methyl sites for hydroxylation is 1. The molecule has 1 aromatic heterocycles. The van der Waals surface area contributed by atoms with E-state index in [1.807, 2.05) is 11.3 Å². The number of hydrogen-bond donors (Lipinski definition) is 1. The smallest absolute Gasteiger partial charge is 0.0731 e. The molecule has 1 N–H and O–H groups in total. The maximum atomic E-state index is 5.65. The second-order valence-corrected chi connectivity index (χ2v) is 6.15. The molecule has 0 aliphatic heterocycles. The maximum absolute atomic E-state index is 5.65. The molecule has 3 heteroatoms. The molecule has 16 heavy (non-hydrogen) atoms. The average molecular weight is 239 g/mol. The zero-order chi connectivity index (χ0) is 11.5. The van der Waals surface area contributed by atoms with Gasteiger partial charge in [-0.2, -0.15) is 0 Å². The Morgan fingerprint density at radius 3 is 2.88 bits per heavy atom. The topological polar surface area (TPSA) is 21.3 Å². The minimum Gasteiger partial charge on any atom is -0.374 e. The highest BCUT2D eigenvalue weighted by molar-refractivity contribution is 7.12. The van der Waals surface area contributed by atoms with E-state index in [4.69, 9.17) is 4.74 Å². The van der Waals surface area contributed by atoms with Crippen molar-refractivity contribution in [3.63, 3.8) is 0 Å². The van der Waals surface area contributed by atoms with E-state index < -0.39 is 0 Å². The Labute approximate surface area is 102 Å². The van der Waals surface area contributed by atoms with Crippen molar-refractivity contribution >= 4 is 11.3 Å². The lowest BCUT2D eigenvalue weighted by atomic mass is 10.2. The van der Waals surface area contributed by atoms with Gasteiger partial charge in [-0.1, -0.05) is 0 Å². The third-order valence-corrected chi connectivity index (χ3v) is 3.88. The molecule has 90 valence electrons. The third-order valence-electron chi connectivity index (χ3n) is 2.79. The predicted molar refractivity (Wildman–Crippen MR) is 68.8 cm³/mol. The summed E-state index contributed by atoms with van der Waals surface area (Å²) in [6.07, 6.45) is 3.02. The molecule has 1 aliphatic carbocycles. The van der Waals surface area contributed by atoms with Crippen LogP contribution in [0.4, 0.5) is 0 Å². The minimum absolute atomic E-state index is 0.312. The molecule has 1 aromatic rings. The summed E-state index contributed by atoms with van der Waals surface area (Å²) in [5, 5.41) is 3.55. The Bertz CT molecular complexity index is 342. The van der Waals surface area contributed by atoms with E-state index in [1.54, 1.807) is 0 Å². The van der Waals surface area contributed by atoms with Crippen LogP contribution in [0.1, 0.15) is 42.0 Å². The van der Waals surface area contributed by atoms with Crippen molar-refractivity contribution in [1.29, 1.82) is 0 Å². The molecule has 0 saturated heterocycles. The van der Waals surface area contributed by atoms with Crippen LogP contribution in [0.2, 0.25) is 0 Å². The fraction of sp³-hybridized carbons (Fsp3) is 0.692. The van der Waals surface area contributed by atoms with Crippen molar-refractivity contribution in [1.82, 2.24) is 5.32 Å². The van der Waals surface area contributed by atoms with Crippen molar-refractivity contribution in [2.45, 2.75) is 58.9 Å². The maximum Gasteiger partial charge on any atom is 0.0731 e. The van der Waals surface area contributed by atoms with Crippen molar-refractivity contribution in [2.24, 2.45) is 0 Å². The fourth-order valence-corrected chi connectivity index (χ4v) is 2.61. The lowest BCUT2D eigenvalue weighted by Gasteiger charge is -2.06. The molecule has 1 saturated carbocycles. The van der Waals surface area contributed by atoms with Crippen LogP contribution in [-0.4, -0.2) is 12.1 Å². The summed E-state index contributed by atoms with van der Waals surface area (Å²) < 4.78 is 5.65. The summed E-state index contributed by atoms with van der Waals surface area (Å²) in [6.45, 7) is 8.13. The van der Waals surface area contributed by atoms with E-state index in [1.165, 1.54) is 28.2 Å². The normalized spacial score (nSPS) is 16.0. The number of rotatable bonds is 6. The molecular formula is C13H21NOS. The van der Waals surface area contributed by atoms with Gasteiger partial charge in [-0.25, -0.2) is 0 Å². The van der Waals surface area contributed by atoms with Crippen molar-refractivity contribution in [2.75, 3.05) is 0 Å². The first-order valence-corrected chi connectivity index (χ1v) is 6.90. The van der Waals surface area contributed by atoms with E-state index in [9.17, 15) is 0 Å². The molecule has 0 atom stereocenters. The van der Waals surface area contributed by atoms with Crippen molar-refractivity contribution in [3.8, 4) is 0 Å². The molecule has 2 rings (SSSR count). The van der Waals surface area contributed by atoms with E-state index >= 15 is 0 Å². The van der Waals surface area contributed by atoms with Crippen molar-refractivity contribution < 1.29 is 4.74 Å². The Balaban J connectivity index is 1.86. The molecule has 0 radical (unpaired) electrons. The van der Waals surface area contributed by atoms with Gasteiger partial charge in [-0.15, -0.1) is 11.3 Å². The van der Waals surface area contributed by atoms with Crippen LogP contribution >= 0.6 is 11.3 Å². The number of hydrogen-bond acceptors (Lipinski definition) is 3. The van der Waals surface area contributed by atoms with Crippen LogP contribution in [0.5, 0.6) is 0 Å². The Morgan fingerprint density at radius 2 is 2.25 bits per heavy atom. The molecule has 1 heterocycles. The van der Waals surface area contributed by atoms with E-state index in [0.717, 1.165) is 19.2 Å². The SMILES string of the molecule is Cc1sc(CNC2CC2)cc1COC(C)C. The van der Waals surface area contributed by atoms with Gasteiger partial charge in [-0.05, 0) is 45.2 Å². The average Bonchev–Trinajstić information content (AvgIpc) is 2.98. The van der Waals surface area contributed by atoms with E-state index in [-0.39, 0.29) is 0 Å². The predicted octanol–water partition coefficient (Wildman–Crippen LogP) is 3.23. The van der Waals surface area contributed by atoms with E-state index in [2.05, 4.69) is 32.2 Å². The van der Waals surface area contributed by atoms with Crippen LogP contribution in [0, 0.1) is 6.92 Å². The summed E-state index contributed by atoms with van der Waals surface area (Å²) in [7, 11) is 0. The quantitative estimate of drug-likeness (QED) is 0.823. The summed E-state index contributed by atoms with van der Waals surface area (Å²) in [4.78, 5) is 2.83. The highest BCUT2D eigenvalue weighted by atomic mass is 32.1. The molecule has 1 aliphatic rings. The van der Waals surface area contributed by atoms with Gasteiger partial charge < -0.3 is 10.1 Å². The molecule has 0 unspecified atom stereocenters. The highest BCUT2D eigenvalue weighted by Crippen LogP contribution is 2.24. The number of thiophene rings is 1. The Kier molecular flexibility index (Phi) is 4.00. The standard InChI is InChI=1S/C13H21NOS/c1-9(2)15-8-11-6-13(16-10(11)3)7-14-12-4-5-12/h6,9,12,14H,4-5,7-8H2,1-3H3. The summed E-state index contributed by atoms with van der Waals surface area (Å²) in [6, 6.07) is 3.08. The van der Waals surface area contributed by atoms with E-state index in [0.29, 0.717) is 6.10 Å². The first-order chi connectivity index (χ1) is 7.65. The van der Waals surface area contributed by atoms with Crippen molar-refractivity contribution in [3.05, 3.63) is 21.4 Å². The van der Waals surface area contributed by atoms with Crippen LogP contribution < -0.4 is 5.32 Å². The molecule has 1 fully saturated rings. The third kappa shape index (κ3) is 3.58. The van der Waals surface area contributed by atoms with Gasteiger partial charge in [0.2, 0.25) is 0 Å². The monoisotopic (exact) mass is 239 g/mol. The summed E-state index contributed by atoms with van der Waals surface area (Å²) >= 11 is 1.89. The van der Waals surface area contributed by atoms with Gasteiger partial charge in [0.15, 0.2) is 0 Å². The molecule has 0 spiro atoms. The van der Waals surface area contributed by atoms with Gasteiger partial charge in [0, 0.05) is 22.3 Å². The second-order valence-electron chi connectivity index (χ2n) is 4.81. The first-order valence-electron chi connectivity index (χ1n) is 6.08. The molecule has 0 amide bonds. The largest absolute Gasteiger partial charge is 0.374 e. The van der Waals surface area contributed by atoms with Gasteiger partial charge in [0.1, 0.15) is 0 Å². The highest BCUT2D eigenvalue weighted by Gasteiger charge is 2.20. The van der Waals surface area contributed by atoms with Gasteiger partial charge in [0.05, 0.1) is 12.7 Å². The molecular weight excluding hydrogens is 218 g/mol. The summed E-state index contributed by atoms with van der Waals surface area (Å²) in [5.74, 6) is 0. The lowest BCUT2D eigenvalue weighted by molar-refractivity contribution is 0.0656. The first kappa shape index (κ1) is 12.1. The van der Waals surface area contributed by atoms with Crippen LogP contribution in [0.15, 0.2) is 6.07 Å². The Hall–Kier alpha value is -0.380. The molecule has 0 aromatic carbocycles. The van der Waals surface area contributed by atoms with Crippen LogP contribution in [0.3, 0.4) is 0 Å². The molecule has 2 nitrogen and oxygen atoms in total. The number of ether oxygens (including phenoxy) is 1. The van der Waals surface area contributed by atoms with Crippen LogP contribution in [-0.2, 0) is 17.9 Å². The molecule has 0 bridgehead atoms. The van der Waals surface area contributed by atoms with Gasteiger partial charge in [0.25, 0.3) is 0 Å². The zero-order valence-corrected chi connectivity index (χ0v) is 11.2. The number of nitrogens with one attached hydrogen (secondary N) is 1. The zero-order valence-electron chi connectivity index (χ0n) is 10.4. The second kappa shape index (κ2) is 5.30. The van der Waals surface area contributed by atoms with Crippen LogP contribution in [0.25, 0.3) is 0 Å². The minimum atomic E-state index is 0.312. The van der Waals surface area contributed by atoms with Gasteiger partial charge >= 0.3 is 0 Å². The van der Waals surface area contributed by atoms with Gasteiger partial charge in [-0.3, -0.25) is 0 Å². The fourth-order valence-electron chi connectivity index (χ4n) is 1.61. The summed E-state index contributed by atoms with van der Waals surface area (Å²) in [5.41, 5.74) is 1.35. The Morgan fingerprint density at radius 1 is 1.50 bits per heavy atom.